The molecule has 0 radical (unpaired) electrons. The second-order valence-corrected chi connectivity index (χ2v) is 8.07. The zero-order chi connectivity index (χ0) is 18.5. The maximum absolute atomic E-state index is 12.4. The molecule has 0 aromatic heterocycles. The van der Waals surface area contributed by atoms with Gasteiger partial charge in [-0.3, -0.25) is 9.69 Å². The van der Waals surface area contributed by atoms with Gasteiger partial charge in [-0.1, -0.05) is 0 Å². The average molecular weight is 359 g/mol. The molecule has 2 fully saturated rings. The lowest BCUT2D eigenvalue weighted by Crippen LogP contribution is -2.47. The van der Waals surface area contributed by atoms with Crippen LogP contribution in [-0.2, 0) is 4.79 Å². The van der Waals surface area contributed by atoms with Gasteiger partial charge in [-0.2, -0.15) is 0 Å². The molecular weight excluding hydrogens is 324 g/mol. The van der Waals surface area contributed by atoms with E-state index in [-0.39, 0.29) is 5.91 Å². The van der Waals surface area contributed by atoms with Crippen molar-refractivity contribution in [3.05, 3.63) is 24.3 Å². The molecule has 0 bridgehead atoms. The third kappa shape index (κ3) is 4.98. The molecule has 2 aliphatic rings. The van der Waals surface area contributed by atoms with Gasteiger partial charge in [0.05, 0.1) is 6.54 Å². The summed E-state index contributed by atoms with van der Waals surface area (Å²) in [6.07, 6.45) is 4.85. The first-order valence-electron chi connectivity index (χ1n) is 10.1. The Kier molecular flexibility index (Phi) is 6.54. The molecule has 1 aromatic carbocycles. The Morgan fingerprint density at radius 2 is 1.73 bits per heavy atom. The van der Waals surface area contributed by atoms with Crippen molar-refractivity contribution in [3.63, 3.8) is 0 Å². The van der Waals surface area contributed by atoms with Gasteiger partial charge in [-0.05, 0) is 83.9 Å². The normalized spacial score (nSPS) is 19.5. The highest BCUT2D eigenvalue weighted by atomic mass is 16.2. The number of likely N-dealkylation sites (N-methyl/N-ethyl adjacent to an activating group) is 1. The Balaban J connectivity index is 1.44. The molecule has 1 aromatic rings. The van der Waals surface area contributed by atoms with Crippen LogP contribution in [0.4, 0.5) is 11.4 Å². The Labute approximate surface area is 158 Å². The number of nitrogens with zero attached hydrogens (tertiary/aromatic N) is 3. The molecule has 26 heavy (non-hydrogen) atoms. The van der Waals surface area contributed by atoms with Crippen molar-refractivity contribution in [3.8, 4) is 0 Å². The van der Waals surface area contributed by atoms with Crippen molar-refractivity contribution in [2.75, 3.05) is 50.0 Å². The number of carbonyl (C=O) groups is 1. The van der Waals surface area contributed by atoms with Crippen LogP contribution in [0.3, 0.4) is 0 Å². The van der Waals surface area contributed by atoms with Crippen molar-refractivity contribution in [1.29, 1.82) is 0 Å². The van der Waals surface area contributed by atoms with Gasteiger partial charge in [0.1, 0.15) is 0 Å². The lowest BCUT2D eigenvalue weighted by atomic mass is 10.0. The smallest absolute Gasteiger partial charge is 0.238 e. The summed E-state index contributed by atoms with van der Waals surface area (Å²) in [6.45, 7) is 9.52. The summed E-state index contributed by atoms with van der Waals surface area (Å²) in [5.41, 5.74) is 2.15. The highest BCUT2D eigenvalue weighted by Gasteiger charge is 2.24. The van der Waals surface area contributed by atoms with E-state index in [2.05, 4.69) is 53.0 Å². The van der Waals surface area contributed by atoms with Gasteiger partial charge < -0.3 is 15.1 Å². The first kappa shape index (κ1) is 19.2. The second-order valence-electron chi connectivity index (χ2n) is 8.07. The molecule has 5 heteroatoms. The van der Waals surface area contributed by atoms with Crippen LogP contribution in [0, 0.1) is 0 Å². The van der Waals surface area contributed by atoms with Gasteiger partial charge >= 0.3 is 0 Å². The Hall–Kier alpha value is -1.59. The predicted octanol–water partition coefficient (Wildman–Crippen LogP) is 3.03. The van der Waals surface area contributed by atoms with Crippen molar-refractivity contribution in [2.24, 2.45) is 0 Å². The van der Waals surface area contributed by atoms with E-state index in [1.807, 2.05) is 12.1 Å². The van der Waals surface area contributed by atoms with E-state index in [0.29, 0.717) is 18.6 Å². The van der Waals surface area contributed by atoms with Gasteiger partial charge in [0.2, 0.25) is 5.91 Å². The van der Waals surface area contributed by atoms with Crippen LogP contribution in [0.1, 0.15) is 39.5 Å². The number of nitrogens with one attached hydrogen (secondary N) is 1. The second kappa shape index (κ2) is 8.87. The number of likely N-dealkylation sites (tertiary alicyclic amines) is 1. The quantitative estimate of drug-likeness (QED) is 0.848. The summed E-state index contributed by atoms with van der Waals surface area (Å²) < 4.78 is 0. The molecule has 1 amide bonds. The summed E-state index contributed by atoms with van der Waals surface area (Å²) in [4.78, 5) is 19.5. The van der Waals surface area contributed by atoms with E-state index in [9.17, 15) is 4.79 Å². The van der Waals surface area contributed by atoms with Gasteiger partial charge in [-0.25, -0.2) is 0 Å². The van der Waals surface area contributed by atoms with E-state index < -0.39 is 0 Å². The zero-order valence-corrected chi connectivity index (χ0v) is 16.6. The number of anilines is 2. The van der Waals surface area contributed by atoms with E-state index in [0.717, 1.165) is 44.7 Å². The Bertz CT molecular complexity index is 572. The molecular formula is C21H34N4O. The summed E-state index contributed by atoms with van der Waals surface area (Å²) in [6, 6.07) is 9.40. The molecule has 5 nitrogen and oxygen atoms in total. The van der Waals surface area contributed by atoms with Gasteiger partial charge in [-0.15, -0.1) is 0 Å². The molecule has 2 heterocycles. The molecule has 0 saturated carbocycles. The van der Waals surface area contributed by atoms with Crippen LogP contribution in [0.5, 0.6) is 0 Å². The van der Waals surface area contributed by atoms with Crippen LogP contribution in [0.2, 0.25) is 0 Å². The molecule has 2 saturated heterocycles. The molecule has 3 rings (SSSR count). The number of rotatable bonds is 6. The fraction of sp³-hybridized carbons (Fsp3) is 0.667. The monoisotopic (exact) mass is 358 g/mol. The van der Waals surface area contributed by atoms with E-state index in [4.69, 9.17) is 0 Å². The van der Waals surface area contributed by atoms with Crippen molar-refractivity contribution >= 4 is 17.3 Å². The van der Waals surface area contributed by atoms with Crippen molar-refractivity contribution in [1.82, 2.24) is 9.80 Å². The van der Waals surface area contributed by atoms with Crippen LogP contribution in [0.25, 0.3) is 0 Å². The summed E-state index contributed by atoms with van der Waals surface area (Å²) in [5, 5.41) is 3.05. The third-order valence-corrected chi connectivity index (χ3v) is 5.87. The zero-order valence-electron chi connectivity index (χ0n) is 16.6. The number of hydrogen-bond donors (Lipinski definition) is 1. The maximum atomic E-state index is 12.4. The molecule has 1 N–H and O–H groups in total. The molecule has 0 unspecified atom stereocenters. The number of hydrogen-bond acceptors (Lipinski definition) is 4. The molecule has 144 valence electrons. The fourth-order valence-electron chi connectivity index (χ4n) is 4.13. The maximum Gasteiger partial charge on any atom is 0.238 e. The minimum Gasteiger partial charge on any atom is -0.372 e. The van der Waals surface area contributed by atoms with E-state index in [1.54, 1.807) is 0 Å². The number of piperidine rings is 1. The number of carbonyl (C=O) groups excluding carboxylic acids is 1. The first-order chi connectivity index (χ1) is 12.5. The van der Waals surface area contributed by atoms with Crippen LogP contribution in [0.15, 0.2) is 24.3 Å². The Morgan fingerprint density at radius 3 is 2.31 bits per heavy atom. The van der Waals surface area contributed by atoms with E-state index in [1.165, 1.54) is 18.5 Å². The predicted molar refractivity (Wildman–Crippen MR) is 109 cm³/mol. The summed E-state index contributed by atoms with van der Waals surface area (Å²) >= 11 is 0. The standard InChI is InChI=1S/C21H34N4O/c1-17(2)24-14-10-19(11-15-24)23(3)16-21(26)22-18-6-8-20(9-7-18)25-12-4-5-13-25/h6-9,17,19H,4-5,10-16H2,1-3H3,(H,22,26). The fourth-order valence-corrected chi connectivity index (χ4v) is 4.13. The lowest BCUT2D eigenvalue weighted by molar-refractivity contribution is -0.117. The summed E-state index contributed by atoms with van der Waals surface area (Å²) in [7, 11) is 2.08. The molecule has 0 aliphatic carbocycles. The lowest BCUT2D eigenvalue weighted by Gasteiger charge is -2.38. The Morgan fingerprint density at radius 1 is 1.12 bits per heavy atom. The van der Waals surface area contributed by atoms with Gasteiger partial charge in [0.15, 0.2) is 0 Å². The minimum absolute atomic E-state index is 0.0766. The van der Waals surface area contributed by atoms with Crippen molar-refractivity contribution < 1.29 is 4.79 Å². The number of benzene rings is 1. The highest BCUT2D eigenvalue weighted by molar-refractivity contribution is 5.92. The minimum atomic E-state index is 0.0766. The molecule has 0 atom stereocenters. The number of amides is 1. The first-order valence-corrected chi connectivity index (χ1v) is 10.1. The SMILES string of the molecule is CC(C)N1CCC(N(C)CC(=O)Nc2ccc(N3CCCC3)cc2)CC1. The van der Waals surface area contributed by atoms with Gasteiger partial charge in [0.25, 0.3) is 0 Å². The third-order valence-electron chi connectivity index (χ3n) is 5.87. The van der Waals surface area contributed by atoms with Crippen LogP contribution in [-0.4, -0.2) is 67.6 Å². The van der Waals surface area contributed by atoms with E-state index >= 15 is 0 Å². The highest BCUT2D eigenvalue weighted by Crippen LogP contribution is 2.22. The topological polar surface area (TPSA) is 38.8 Å². The van der Waals surface area contributed by atoms with Gasteiger partial charge in [0, 0.05) is 36.5 Å². The average Bonchev–Trinajstić information content (AvgIpc) is 3.17. The molecule has 0 spiro atoms. The molecule has 2 aliphatic heterocycles. The largest absolute Gasteiger partial charge is 0.372 e. The van der Waals surface area contributed by atoms with Crippen molar-refractivity contribution in [2.45, 2.75) is 51.6 Å². The summed E-state index contributed by atoms with van der Waals surface area (Å²) in [5.74, 6) is 0.0766. The van der Waals surface area contributed by atoms with Crippen LogP contribution >= 0.6 is 0 Å². The van der Waals surface area contributed by atoms with Crippen LogP contribution < -0.4 is 10.2 Å².